The highest BCUT2D eigenvalue weighted by molar-refractivity contribution is 5.47. The summed E-state index contributed by atoms with van der Waals surface area (Å²) in [6, 6.07) is 14.5. The van der Waals surface area contributed by atoms with E-state index in [0.29, 0.717) is 11.5 Å². The lowest BCUT2D eigenvalue weighted by Gasteiger charge is -2.32. The Morgan fingerprint density at radius 3 is 2.00 bits per heavy atom. The van der Waals surface area contributed by atoms with Crippen LogP contribution in [0.3, 0.4) is 0 Å². The summed E-state index contributed by atoms with van der Waals surface area (Å²) in [7, 11) is 8.21. The summed E-state index contributed by atoms with van der Waals surface area (Å²) in [5.41, 5.74) is 1.49. The quantitative estimate of drug-likeness (QED) is 0.292. The Hall–Kier alpha value is -3.27. The number of ether oxygens (including phenoxy) is 4. The molecule has 0 aliphatic rings. The van der Waals surface area contributed by atoms with Crippen molar-refractivity contribution in [2.75, 3.05) is 35.5 Å². The van der Waals surface area contributed by atoms with Crippen molar-refractivity contribution in [1.29, 1.82) is 5.26 Å². The van der Waals surface area contributed by atoms with Gasteiger partial charge in [-0.1, -0.05) is 26.0 Å². The smallest absolute Gasteiger partial charge is 0.161 e. The number of hydrogen-bond acceptors (Lipinski definition) is 7. The first-order chi connectivity index (χ1) is 16.9. The van der Waals surface area contributed by atoms with E-state index in [1.165, 1.54) is 0 Å². The zero-order valence-corrected chi connectivity index (χ0v) is 22.1. The summed E-state index contributed by atoms with van der Waals surface area (Å²) < 4.78 is 21.6. The number of nitriles is 1. The van der Waals surface area contributed by atoms with Crippen molar-refractivity contribution in [2.24, 2.45) is 16.1 Å². The second-order valence-electron chi connectivity index (χ2n) is 8.90. The van der Waals surface area contributed by atoms with E-state index in [1.807, 2.05) is 30.3 Å². The molecule has 2 aromatic carbocycles. The van der Waals surface area contributed by atoms with Crippen LogP contribution in [0.1, 0.15) is 50.7 Å². The van der Waals surface area contributed by atoms with Gasteiger partial charge in [0, 0.05) is 7.05 Å². The standard InChI is InChI=1S/C28H39N3O4/c1-20(2)28(19-29,22-12-15-25(33-5)27(18-22)35-7)16-8-9-23(31-30-3)13-10-21-11-14-24(32-4)26(17-21)34-6/h11-12,14-15,17-18,20,23H,8-10,13,16H2,1-7H3. The molecule has 0 aliphatic heterocycles. The third-order valence-electron chi connectivity index (χ3n) is 6.69. The Balaban J connectivity index is 2.12. The SMILES string of the molecule is CN=NC(CCCC(C#N)(c1ccc(OC)c(OC)c1)C(C)C)CCc1ccc(OC)c(OC)c1. The third kappa shape index (κ3) is 6.88. The van der Waals surface area contributed by atoms with Gasteiger partial charge in [0.05, 0.1) is 46.0 Å². The van der Waals surface area contributed by atoms with Crippen molar-refractivity contribution in [3.8, 4) is 29.1 Å². The summed E-state index contributed by atoms with van der Waals surface area (Å²) in [5.74, 6) is 2.87. The van der Waals surface area contributed by atoms with Crippen molar-refractivity contribution in [3.63, 3.8) is 0 Å². The molecule has 35 heavy (non-hydrogen) atoms. The van der Waals surface area contributed by atoms with Crippen LogP contribution >= 0.6 is 0 Å². The molecule has 0 fully saturated rings. The molecule has 7 heteroatoms. The Kier molecular flexibility index (Phi) is 10.8. The zero-order chi connectivity index (χ0) is 25.8. The molecule has 0 aliphatic carbocycles. The Bertz CT molecular complexity index is 1020. The second kappa shape index (κ2) is 13.6. The van der Waals surface area contributed by atoms with E-state index in [1.54, 1.807) is 35.5 Å². The van der Waals surface area contributed by atoms with Gasteiger partial charge in [0.15, 0.2) is 23.0 Å². The minimum Gasteiger partial charge on any atom is -0.493 e. The van der Waals surface area contributed by atoms with E-state index in [4.69, 9.17) is 18.9 Å². The third-order valence-corrected chi connectivity index (χ3v) is 6.69. The van der Waals surface area contributed by atoms with E-state index in [0.717, 1.165) is 54.7 Å². The van der Waals surface area contributed by atoms with Gasteiger partial charge in [-0.3, -0.25) is 0 Å². The van der Waals surface area contributed by atoms with E-state index < -0.39 is 5.41 Å². The van der Waals surface area contributed by atoms with Crippen molar-refractivity contribution < 1.29 is 18.9 Å². The number of azo groups is 1. The number of hydrogen-bond donors (Lipinski definition) is 0. The normalized spacial score (nSPS) is 13.8. The predicted octanol–water partition coefficient (Wildman–Crippen LogP) is 6.39. The lowest BCUT2D eigenvalue weighted by Crippen LogP contribution is -2.31. The summed E-state index contributed by atoms with van der Waals surface area (Å²) in [4.78, 5) is 0. The fraction of sp³-hybridized carbons (Fsp3) is 0.536. The molecule has 0 radical (unpaired) electrons. The maximum absolute atomic E-state index is 10.3. The molecule has 2 unspecified atom stereocenters. The Labute approximate surface area is 210 Å². The fourth-order valence-corrected chi connectivity index (χ4v) is 4.54. The highest BCUT2D eigenvalue weighted by Crippen LogP contribution is 2.41. The molecular weight excluding hydrogens is 442 g/mol. The molecule has 0 heterocycles. The Morgan fingerprint density at radius 2 is 1.46 bits per heavy atom. The summed E-state index contributed by atoms with van der Waals surface area (Å²) >= 11 is 0. The maximum atomic E-state index is 10.3. The number of methoxy groups -OCH3 is 4. The van der Waals surface area contributed by atoms with Crippen LogP contribution in [0, 0.1) is 17.2 Å². The van der Waals surface area contributed by atoms with Crippen LogP contribution in [0.2, 0.25) is 0 Å². The van der Waals surface area contributed by atoms with Crippen molar-refractivity contribution in [2.45, 2.75) is 57.4 Å². The van der Waals surface area contributed by atoms with Gasteiger partial charge in [0.2, 0.25) is 0 Å². The van der Waals surface area contributed by atoms with Crippen LogP contribution in [0.5, 0.6) is 23.0 Å². The van der Waals surface area contributed by atoms with Gasteiger partial charge in [0.25, 0.3) is 0 Å². The van der Waals surface area contributed by atoms with Gasteiger partial charge in [-0.2, -0.15) is 15.5 Å². The predicted molar refractivity (Wildman–Crippen MR) is 138 cm³/mol. The first-order valence-electron chi connectivity index (χ1n) is 12.0. The van der Waals surface area contributed by atoms with E-state index in [-0.39, 0.29) is 12.0 Å². The molecule has 0 spiro atoms. The average Bonchev–Trinajstić information content (AvgIpc) is 2.88. The summed E-state index contributed by atoms with van der Waals surface area (Å²) in [5, 5.41) is 18.9. The van der Waals surface area contributed by atoms with Crippen LogP contribution in [-0.4, -0.2) is 41.5 Å². The largest absolute Gasteiger partial charge is 0.493 e. The molecule has 0 aromatic heterocycles. The monoisotopic (exact) mass is 481 g/mol. The molecule has 0 bridgehead atoms. The van der Waals surface area contributed by atoms with E-state index >= 15 is 0 Å². The van der Waals surface area contributed by atoms with Crippen LogP contribution in [0.25, 0.3) is 0 Å². The molecular formula is C28H39N3O4. The van der Waals surface area contributed by atoms with Crippen LogP contribution < -0.4 is 18.9 Å². The average molecular weight is 482 g/mol. The van der Waals surface area contributed by atoms with Crippen LogP contribution in [-0.2, 0) is 11.8 Å². The second-order valence-corrected chi connectivity index (χ2v) is 8.90. The van der Waals surface area contributed by atoms with Crippen molar-refractivity contribution >= 4 is 0 Å². The molecule has 2 atom stereocenters. The molecule has 0 saturated carbocycles. The lowest BCUT2D eigenvalue weighted by atomic mass is 9.69. The molecule has 0 amide bonds. The van der Waals surface area contributed by atoms with Gasteiger partial charge in [-0.25, -0.2) is 0 Å². The number of nitrogens with zero attached hydrogens (tertiary/aromatic N) is 3. The van der Waals surface area contributed by atoms with Crippen molar-refractivity contribution in [1.82, 2.24) is 0 Å². The lowest BCUT2D eigenvalue weighted by molar-refractivity contribution is 0.336. The zero-order valence-electron chi connectivity index (χ0n) is 22.1. The van der Waals surface area contributed by atoms with E-state index in [2.05, 4.69) is 36.2 Å². The highest BCUT2D eigenvalue weighted by Gasteiger charge is 2.36. The number of rotatable bonds is 14. The van der Waals surface area contributed by atoms with Gasteiger partial charge in [0.1, 0.15) is 0 Å². The molecule has 2 rings (SSSR count). The summed E-state index contributed by atoms with van der Waals surface area (Å²) in [6.07, 6.45) is 4.16. The maximum Gasteiger partial charge on any atom is 0.161 e. The van der Waals surface area contributed by atoms with Crippen molar-refractivity contribution in [3.05, 3.63) is 47.5 Å². The number of benzene rings is 2. The minimum absolute atomic E-state index is 0.0852. The van der Waals surface area contributed by atoms with Crippen LogP contribution in [0.4, 0.5) is 0 Å². The van der Waals surface area contributed by atoms with Crippen LogP contribution in [0.15, 0.2) is 46.6 Å². The van der Waals surface area contributed by atoms with Gasteiger partial charge in [-0.15, -0.1) is 0 Å². The van der Waals surface area contributed by atoms with E-state index in [9.17, 15) is 5.26 Å². The first-order valence-corrected chi connectivity index (χ1v) is 12.0. The molecule has 0 N–H and O–H groups in total. The highest BCUT2D eigenvalue weighted by atomic mass is 16.5. The molecule has 190 valence electrons. The van der Waals surface area contributed by atoms with Gasteiger partial charge >= 0.3 is 0 Å². The fourth-order valence-electron chi connectivity index (χ4n) is 4.54. The topological polar surface area (TPSA) is 85.4 Å². The Morgan fingerprint density at radius 1 is 0.857 bits per heavy atom. The van der Waals surface area contributed by atoms with Gasteiger partial charge in [-0.05, 0) is 73.4 Å². The summed E-state index contributed by atoms with van der Waals surface area (Å²) in [6.45, 7) is 4.19. The number of aryl methyl sites for hydroxylation is 1. The van der Waals surface area contributed by atoms with Gasteiger partial charge < -0.3 is 18.9 Å². The molecule has 2 aromatic rings. The molecule has 0 saturated heterocycles. The molecule has 7 nitrogen and oxygen atoms in total. The minimum atomic E-state index is -0.628. The first kappa shape index (κ1) is 28.0.